The third kappa shape index (κ3) is 3.33. The van der Waals surface area contributed by atoms with Gasteiger partial charge in [0.15, 0.2) is 5.69 Å². The lowest BCUT2D eigenvalue weighted by atomic mass is 10.2. The second kappa shape index (κ2) is 6.00. The molecule has 2 aromatic heterocycles. The van der Waals surface area contributed by atoms with Gasteiger partial charge in [-0.25, -0.2) is 4.79 Å². The molecule has 0 spiro atoms. The summed E-state index contributed by atoms with van der Waals surface area (Å²) in [5.41, 5.74) is 1.71. The van der Waals surface area contributed by atoms with Crippen molar-refractivity contribution >= 4 is 11.9 Å². The second-order valence-electron chi connectivity index (χ2n) is 5.35. The van der Waals surface area contributed by atoms with E-state index in [0.29, 0.717) is 6.54 Å². The molecule has 0 aromatic carbocycles. The lowest BCUT2D eigenvalue weighted by molar-refractivity contribution is 0.0690. The molecule has 2 heterocycles. The molecule has 1 amide bonds. The van der Waals surface area contributed by atoms with Crippen molar-refractivity contribution in [1.29, 1.82) is 0 Å². The van der Waals surface area contributed by atoms with Gasteiger partial charge >= 0.3 is 5.97 Å². The number of carboxylic acid groups (broad SMARTS) is 1. The number of aromatic nitrogens is 4. The van der Waals surface area contributed by atoms with Crippen LogP contribution >= 0.6 is 0 Å². The van der Waals surface area contributed by atoms with Crippen LogP contribution in [0.25, 0.3) is 0 Å². The summed E-state index contributed by atoms with van der Waals surface area (Å²) in [7, 11) is 1.57. The van der Waals surface area contributed by atoms with E-state index in [9.17, 15) is 9.59 Å². The molecule has 2 aromatic rings. The van der Waals surface area contributed by atoms with Crippen molar-refractivity contribution in [1.82, 2.24) is 24.9 Å². The fourth-order valence-corrected chi connectivity index (χ4v) is 2.27. The van der Waals surface area contributed by atoms with Crippen LogP contribution in [0.4, 0.5) is 0 Å². The molecule has 22 heavy (non-hydrogen) atoms. The third-order valence-corrected chi connectivity index (χ3v) is 3.20. The number of carbonyl (C=O) groups excluding carboxylic acids is 1. The van der Waals surface area contributed by atoms with Crippen LogP contribution in [0.5, 0.6) is 0 Å². The largest absolute Gasteiger partial charge is 0.478 e. The monoisotopic (exact) mass is 305 g/mol. The molecule has 0 saturated carbocycles. The summed E-state index contributed by atoms with van der Waals surface area (Å²) in [6.07, 6.45) is 1.31. The molecule has 0 aliphatic rings. The zero-order chi connectivity index (χ0) is 16.4. The zero-order valence-electron chi connectivity index (χ0n) is 13.0. The van der Waals surface area contributed by atoms with Crippen molar-refractivity contribution in [2.45, 2.75) is 33.4 Å². The number of carbonyl (C=O) groups is 2. The minimum Gasteiger partial charge on any atom is -0.478 e. The predicted molar refractivity (Wildman–Crippen MR) is 78.8 cm³/mol. The fourth-order valence-electron chi connectivity index (χ4n) is 2.27. The number of nitrogens with one attached hydrogen (secondary N) is 1. The van der Waals surface area contributed by atoms with E-state index in [0.717, 1.165) is 11.4 Å². The van der Waals surface area contributed by atoms with Crippen molar-refractivity contribution in [2.75, 3.05) is 0 Å². The molecule has 0 radical (unpaired) electrons. The third-order valence-electron chi connectivity index (χ3n) is 3.20. The first-order valence-electron chi connectivity index (χ1n) is 6.86. The van der Waals surface area contributed by atoms with E-state index in [2.05, 4.69) is 15.5 Å². The fraction of sp³-hybridized carbons (Fsp3) is 0.429. The molecule has 1 unspecified atom stereocenters. The number of nitrogens with zero attached hydrogens (tertiary/aromatic N) is 4. The highest BCUT2D eigenvalue weighted by Crippen LogP contribution is 2.08. The van der Waals surface area contributed by atoms with Gasteiger partial charge in [-0.05, 0) is 26.8 Å². The summed E-state index contributed by atoms with van der Waals surface area (Å²) in [6.45, 7) is 6.17. The van der Waals surface area contributed by atoms with E-state index in [1.54, 1.807) is 11.7 Å². The van der Waals surface area contributed by atoms with E-state index in [-0.39, 0.29) is 17.3 Å². The highest BCUT2D eigenvalue weighted by atomic mass is 16.4. The number of aromatic carboxylic acids is 1. The van der Waals surface area contributed by atoms with Crippen LogP contribution in [0.15, 0.2) is 12.3 Å². The lowest BCUT2D eigenvalue weighted by Gasteiger charge is -2.14. The van der Waals surface area contributed by atoms with Gasteiger partial charge in [-0.2, -0.15) is 10.2 Å². The van der Waals surface area contributed by atoms with Crippen molar-refractivity contribution in [2.24, 2.45) is 7.05 Å². The molecule has 0 aliphatic carbocycles. The van der Waals surface area contributed by atoms with Crippen molar-refractivity contribution in [3.63, 3.8) is 0 Å². The maximum atomic E-state index is 12.2. The summed E-state index contributed by atoms with van der Waals surface area (Å²) in [4.78, 5) is 23.3. The van der Waals surface area contributed by atoms with E-state index in [4.69, 9.17) is 5.11 Å². The smallest absolute Gasteiger partial charge is 0.339 e. The lowest BCUT2D eigenvalue weighted by Crippen LogP contribution is -2.37. The van der Waals surface area contributed by atoms with Crippen LogP contribution in [0.1, 0.15) is 39.2 Å². The maximum absolute atomic E-state index is 12.2. The number of carboxylic acids is 1. The molecule has 0 bridgehead atoms. The van der Waals surface area contributed by atoms with E-state index < -0.39 is 11.9 Å². The van der Waals surface area contributed by atoms with Crippen LogP contribution in [0.3, 0.4) is 0 Å². The average Bonchev–Trinajstić information content (AvgIpc) is 2.93. The molecule has 0 aliphatic heterocycles. The minimum atomic E-state index is -1.18. The molecule has 1 atom stereocenters. The Morgan fingerprint density at radius 2 is 2.05 bits per heavy atom. The molecule has 2 rings (SSSR count). The van der Waals surface area contributed by atoms with Gasteiger partial charge in [-0.15, -0.1) is 0 Å². The Hall–Kier alpha value is -2.64. The molecule has 2 N–H and O–H groups in total. The molecule has 0 fully saturated rings. The zero-order valence-corrected chi connectivity index (χ0v) is 13.0. The second-order valence-corrected chi connectivity index (χ2v) is 5.35. The van der Waals surface area contributed by atoms with Crippen LogP contribution in [0.2, 0.25) is 0 Å². The number of aryl methyl sites for hydroxylation is 3. The molecule has 8 heteroatoms. The van der Waals surface area contributed by atoms with Gasteiger partial charge in [-0.1, -0.05) is 0 Å². The number of rotatable bonds is 5. The Morgan fingerprint density at radius 3 is 2.59 bits per heavy atom. The van der Waals surface area contributed by atoms with Crippen molar-refractivity contribution in [3.8, 4) is 0 Å². The number of hydrogen-bond acceptors (Lipinski definition) is 4. The van der Waals surface area contributed by atoms with Gasteiger partial charge in [0.05, 0.1) is 12.2 Å². The quantitative estimate of drug-likeness (QED) is 0.848. The molecule has 0 saturated heterocycles. The average molecular weight is 305 g/mol. The maximum Gasteiger partial charge on any atom is 0.339 e. The highest BCUT2D eigenvalue weighted by molar-refractivity contribution is 6.03. The SMILES string of the molecule is Cc1cc(C)n(CC(C)NC(=O)c2nn(C)cc2C(=O)O)n1. The first-order chi connectivity index (χ1) is 10.3. The summed E-state index contributed by atoms with van der Waals surface area (Å²) < 4.78 is 3.11. The Bertz CT molecular complexity index is 716. The summed E-state index contributed by atoms with van der Waals surface area (Å²) in [5.74, 6) is -1.68. The summed E-state index contributed by atoms with van der Waals surface area (Å²) in [5, 5.41) is 20.1. The number of amides is 1. The van der Waals surface area contributed by atoms with E-state index in [1.165, 1.54) is 10.9 Å². The standard InChI is InChI=1S/C14H19N5O3/c1-8-5-10(3)19(16-8)6-9(2)15-13(20)12-11(14(21)22)7-18(4)17-12/h5,7,9H,6H2,1-4H3,(H,15,20)(H,21,22). The highest BCUT2D eigenvalue weighted by Gasteiger charge is 2.22. The van der Waals surface area contributed by atoms with Crippen LogP contribution in [-0.4, -0.2) is 42.6 Å². The molecular weight excluding hydrogens is 286 g/mol. The van der Waals surface area contributed by atoms with Gasteiger partial charge in [0, 0.05) is 25.0 Å². The Morgan fingerprint density at radius 1 is 1.36 bits per heavy atom. The minimum absolute atomic E-state index is 0.0878. The van der Waals surface area contributed by atoms with Crippen LogP contribution in [-0.2, 0) is 13.6 Å². The van der Waals surface area contributed by atoms with Gasteiger partial charge in [0.1, 0.15) is 5.56 Å². The first-order valence-corrected chi connectivity index (χ1v) is 6.86. The van der Waals surface area contributed by atoms with E-state index in [1.807, 2.05) is 26.8 Å². The summed E-state index contributed by atoms with van der Waals surface area (Å²) >= 11 is 0. The van der Waals surface area contributed by atoms with Gasteiger partial charge in [-0.3, -0.25) is 14.2 Å². The number of hydrogen-bond donors (Lipinski definition) is 2. The Balaban J connectivity index is 2.08. The van der Waals surface area contributed by atoms with Crippen molar-refractivity contribution in [3.05, 3.63) is 34.9 Å². The Kier molecular flexibility index (Phi) is 4.30. The van der Waals surface area contributed by atoms with Crippen LogP contribution < -0.4 is 5.32 Å². The Labute approximate surface area is 127 Å². The van der Waals surface area contributed by atoms with Gasteiger partial charge in [0.25, 0.3) is 5.91 Å². The molecule has 118 valence electrons. The van der Waals surface area contributed by atoms with E-state index >= 15 is 0 Å². The summed E-state index contributed by atoms with van der Waals surface area (Å²) in [6, 6.07) is 1.74. The predicted octanol–water partition coefficient (Wildman–Crippen LogP) is 0.750. The van der Waals surface area contributed by atoms with Crippen LogP contribution in [0, 0.1) is 13.8 Å². The topological polar surface area (TPSA) is 102 Å². The molecule has 8 nitrogen and oxygen atoms in total. The molecular formula is C14H19N5O3. The van der Waals surface area contributed by atoms with Gasteiger partial charge in [0.2, 0.25) is 0 Å². The van der Waals surface area contributed by atoms with Crippen molar-refractivity contribution < 1.29 is 14.7 Å². The van der Waals surface area contributed by atoms with Gasteiger partial charge < -0.3 is 10.4 Å². The first kappa shape index (κ1) is 15.7. The normalized spacial score (nSPS) is 12.2.